The number of fused-ring (bicyclic) bond motifs is 1. The van der Waals surface area contributed by atoms with Gasteiger partial charge in [-0.3, -0.25) is 10.1 Å². The molecule has 0 N–H and O–H groups in total. The zero-order valence-electron chi connectivity index (χ0n) is 8.27. The fraction of sp³-hybridized carbons (Fsp3) is 0.200. The number of halogens is 3. The van der Waals surface area contributed by atoms with Crippen LogP contribution in [-0.4, -0.2) is 14.8 Å². The van der Waals surface area contributed by atoms with Crippen LogP contribution in [0.15, 0.2) is 30.0 Å². The Morgan fingerprint density at radius 2 is 1.94 bits per heavy atom. The maximum absolute atomic E-state index is 10.9. The predicted octanol–water partition coefficient (Wildman–Crippen LogP) is 3.44. The van der Waals surface area contributed by atoms with Crippen LogP contribution in [0.3, 0.4) is 0 Å². The average Bonchev–Trinajstić information content (AvgIpc) is 2.26. The molecule has 0 fully saturated rings. The normalized spacial score (nSPS) is 19.0. The third-order valence-electron chi connectivity index (χ3n) is 2.24. The molecule has 0 amide bonds. The minimum atomic E-state index is -1.90. The monoisotopic (exact) mass is 293 g/mol. The number of hydrogen-bond acceptors (Lipinski definition) is 3. The second-order valence-electron chi connectivity index (χ2n) is 3.40. The minimum absolute atomic E-state index is 0.274. The Morgan fingerprint density at radius 1 is 1.29 bits per heavy atom. The van der Waals surface area contributed by atoms with Crippen molar-refractivity contribution >= 4 is 40.9 Å². The molecule has 0 bridgehead atoms. The number of para-hydroxylation sites is 1. The molecule has 1 aromatic rings. The molecule has 0 aliphatic carbocycles. The quantitative estimate of drug-likeness (QED) is 0.453. The van der Waals surface area contributed by atoms with Crippen molar-refractivity contribution in [3.63, 3.8) is 0 Å². The van der Waals surface area contributed by atoms with E-state index in [4.69, 9.17) is 39.5 Å². The first kappa shape index (κ1) is 12.5. The van der Waals surface area contributed by atoms with E-state index in [1.807, 2.05) is 0 Å². The van der Waals surface area contributed by atoms with Crippen molar-refractivity contribution < 1.29 is 9.66 Å². The highest BCUT2D eigenvalue weighted by Gasteiger charge is 2.46. The lowest BCUT2D eigenvalue weighted by Gasteiger charge is -2.26. The van der Waals surface area contributed by atoms with Crippen molar-refractivity contribution in [2.75, 3.05) is 0 Å². The van der Waals surface area contributed by atoms with E-state index in [1.165, 1.54) is 6.08 Å². The molecule has 0 saturated heterocycles. The van der Waals surface area contributed by atoms with Gasteiger partial charge in [-0.2, -0.15) is 0 Å². The molecule has 0 radical (unpaired) electrons. The predicted molar refractivity (Wildman–Crippen MR) is 66.1 cm³/mol. The largest absolute Gasteiger partial charge is 0.474 e. The number of benzene rings is 1. The molecule has 0 aromatic heterocycles. The molecule has 1 aliphatic heterocycles. The number of rotatable bonds is 1. The maximum Gasteiger partial charge on any atom is 0.291 e. The van der Waals surface area contributed by atoms with Crippen molar-refractivity contribution in [3.05, 3.63) is 45.6 Å². The van der Waals surface area contributed by atoms with Gasteiger partial charge in [0.2, 0.25) is 9.90 Å². The smallest absolute Gasteiger partial charge is 0.291 e. The first-order chi connectivity index (χ1) is 7.89. The van der Waals surface area contributed by atoms with Crippen LogP contribution in [0.5, 0.6) is 5.75 Å². The van der Waals surface area contributed by atoms with Crippen molar-refractivity contribution in [1.29, 1.82) is 0 Å². The highest BCUT2D eigenvalue weighted by Crippen LogP contribution is 2.41. The number of alkyl halides is 3. The van der Waals surface area contributed by atoms with Crippen LogP contribution < -0.4 is 4.74 Å². The second-order valence-corrected chi connectivity index (χ2v) is 5.77. The summed E-state index contributed by atoms with van der Waals surface area (Å²) in [4.78, 5) is 10.3. The van der Waals surface area contributed by atoms with Gasteiger partial charge in [0.15, 0.2) is 0 Å². The van der Waals surface area contributed by atoms with Gasteiger partial charge in [-0.05, 0) is 6.07 Å². The molecule has 1 aliphatic rings. The Bertz CT molecular complexity index is 496. The lowest BCUT2D eigenvalue weighted by atomic mass is 10.1. The van der Waals surface area contributed by atoms with Gasteiger partial charge in [-0.25, -0.2) is 0 Å². The number of hydrogen-bond donors (Lipinski definition) is 0. The van der Waals surface area contributed by atoms with Gasteiger partial charge >= 0.3 is 0 Å². The Balaban J connectivity index is 2.51. The summed E-state index contributed by atoms with van der Waals surface area (Å²) in [5.41, 5.74) is 0.313. The van der Waals surface area contributed by atoms with Crippen LogP contribution in [0.25, 0.3) is 6.08 Å². The topological polar surface area (TPSA) is 52.4 Å². The molecule has 90 valence electrons. The maximum atomic E-state index is 10.9. The van der Waals surface area contributed by atoms with E-state index >= 15 is 0 Å². The Kier molecular flexibility index (Phi) is 3.21. The first-order valence-electron chi connectivity index (χ1n) is 4.58. The van der Waals surface area contributed by atoms with Crippen LogP contribution in [0.1, 0.15) is 5.56 Å². The zero-order chi connectivity index (χ0) is 12.6. The van der Waals surface area contributed by atoms with Crippen molar-refractivity contribution in [2.45, 2.75) is 9.90 Å². The third kappa shape index (κ3) is 2.49. The molecule has 17 heavy (non-hydrogen) atoms. The molecule has 0 unspecified atom stereocenters. The lowest BCUT2D eigenvalue weighted by molar-refractivity contribution is -0.433. The highest BCUT2D eigenvalue weighted by atomic mass is 35.6. The Morgan fingerprint density at radius 3 is 2.53 bits per heavy atom. The molecular weight excluding hydrogens is 288 g/mol. The molecule has 1 heterocycles. The van der Waals surface area contributed by atoms with Gasteiger partial charge < -0.3 is 4.74 Å². The second kappa shape index (κ2) is 4.37. The fourth-order valence-electron chi connectivity index (χ4n) is 1.51. The number of nitrogens with zero attached hydrogens (tertiary/aromatic N) is 1. The summed E-state index contributed by atoms with van der Waals surface area (Å²) in [5, 5.41) is 10.9. The van der Waals surface area contributed by atoms with Gasteiger partial charge in [-0.1, -0.05) is 53.0 Å². The molecule has 0 spiro atoms. The van der Waals surface area contributed by atoms with Crippen LogP contribution in [0.2, 0.25) is 0 Å². The molecule has 0 saturated carbocycles. The Hall–Kier alpha value is -0.970. The number of nitro groups is 1. The van der Waals surface area contributed by atoms with Gasteiger partial charge in [0, 0.05) is 11.6 Å². The van der Waals surface area contributed by atoms with Gasteiger partial charge in [0.25, 0.3) is 5.70 Å². The van der Waals surface area contributed by atoms with E-state index in [2.05, 4.69) is 0 Å². The Labute approximate surface area is 112 Å². The summed E-state index contributed by atoms with van der Waals surface area (Å²) >= 11 is 17.0. The molecule has 1 aromatic carbocycles. The zero-order valence-corrected chi connectivity index (χ0v) is 10.5. The van der Waals surface area contributed by atoms with Crippen LogP contribution in [0.4, 0.5) is 0 Å². The van der Waals surface area contributed by atoms with Crippen molar-refractivity contribution in [2.24, 2.45) is 0 Å². The van der Waals surface area contributed by atoms with E-state index in [-0.39, 0.29) is 5.70 Å². The van der Waals surface area contributed by atoms with Crippen LogP contribution in [-0.2, 0) is 0 Å². The molecule has 4 nitrogen and oxygen atoms in total. The van der Waals surface area contributed by atoms with Crippen LogP contribution >= 0.6 is 34.8 Å². The lowest BCUT2D eigenvalue weighted by Crippen LogP contribution is -2.38. The van der Waals surface area contributed by atoms with E-state index in [0.717, 1.165) is 0 Å². The first-order valence-corrected chi connectivity index (χ1v) is 5.71. The van der Waals surface area contributed by atoms with Crippen LogP contribution in [0, 0.1) is 10.1 Å². The molecule has 2 rings (SSSR count). The minimum Gasteiger partial charge on any atom is -0.474 e. The van der Waals surface area contributed by atoms with E-state index in [0.29, 0.717) is 11.3 Å². The third-order valence-corrected chi connectivity index (χ3v) is 2.84. The summed E-state index contributed by atoms with van der Waals surface area (Å²) in [6, 6.07) is 6.82. The van der Waals surface area contributed by atoms with Crippen molar-refractivity contribution in [1.82, 2.24) is 0 Å². The highest BCUT2D eigenvalue weighted by molar-refractivity contribution is 6.68. The molecule has 7 heteroatoms. The van der Waals surface area contributed by atoms with Gasteiger partial charge in [0.05, 0.1) is 4.92 Å². The summed E-state index contributed by atoms with van der Waals surface area (Å²) < 4.78 is 3.47. The average molecular weight is 295 g/mol. The van der Waals surface area contributed by atoms with E-state index in [1.54, 1.807) is 24.3 Å². The fourth-order valence-corrected chi connectivity index (χ4v) is 1.98. The van der Waals surface area contributed by atoms with Crippen molar-refractivity contribution in [3.8, 4) is 5.75 Å². The summed E-state index contributed by atoms with van der Waals surface area (Å²) in [6.07, 6.45) is 0.128. The molecule has 1 atom stereocenters. The summed E-state index contributed by atoms with van der Waals surface area (Å²) in [5.74, 6) is 0.453. The number of ether oxygens (including phenoxy) is 1. The van der Waals surface area contributed by atoms with E-state index in [9.17, 15) is 10.1 Å². The summed E-state index contributed by atoms with van der Waals surface area (Å²) in [7, 11) is 0. The van der Waals surface area contributed by atoms with E-state index < -0.39 is 14.8 Å². The molecular formula is C10H6Cl3NO3. The van der Waals surface area contributed by atoms with Gasteiger partial charge in [0.1, 0.15) is 5.75 Å². The van der Waals surface area contributed by atoms with Gasteiger partial charge in [-0.15, -0.1) is 0 Å². The summed E-state index contributed by atoms with van der Waals surface area (Å²) in [6.45, 7) is 0. The SMILES string of the molecule is O=[N+]([O-])C1=Cc2ccccc2O[C@H]1C(Cl)(Cl)Cl. The standard InChI is InChI=1S/C10H6Cl3NO3/c11-10(12,13)9-7(14(15)16)5-6-3-1-2-4-8(6)17-9/h1-5,9H/t9-/m1/s1.